The quantitative estimate of drug-likeness (QED) is 0.512. The molecule has 0 saturated carbocycles. The van der Waals surface area contributed by atoms with E-state index >= 15 is 0 Å². The molecule has 1 atom stereocenters. The molecule has 0 spiro atoms. The fraction of sp³-hybridized carbons (Fsp3) is 0.571. The SMILES string of the molecule is O=C([O-])CC1(O)C=CCC1. The van der Waals surface area contributed by atoms with Crippen LogP contribution in [-0.2, 0) is 4.79 Å². The Hall–Kier alpha value is -0.830. The molecule has 1 N–H and O–H groups in total. The van der Waals surface area contributed by atoms with Crippen molar-refractivity contribution in [2.24, 2.45) is 0 Å². The molecule has 3 nitrogen and oxygen atoms in total. The molecule has 0 aromatic carbocycles. The van der Waals surface area contributed by atoms with E-state index in [-0.39, 0.29) is 6.42 Å². The predicted octanol–water partition coefficient (Wildman–Crippen LogP) is -0.793. The van der Waals surface area contributed by atoms with Crippen LogP contribution in [0, 0.1) is 0 Å². The zero-order valence-electron chi connectivity index (χ0n) is 5.54. The van der Waals surface area contributed by atoms with Crippen molar-refractivity contribution in [3.05, 3.63) is 12.2 Å². The molecule has 1 unspecified atom stereocenters. The fourth-order valence-corrected chi connectivity index (χ4v) is 1.12. The van der Waals surface area contributed by atoms with Gasteiger partial charge in [0.05, 0.1) is 5.60 Å². The maximum Gasteiger partial charge on any atom is 0.0882 e. The van der Waals surface area contributed by atoms with Crippen molar-refractivity contribution >= 4 is 5.97 Å². The van der Waals surface area contributed by atoms with Crippen LogP contribution in [0.15, 0.2) is 12.2 Å². The molecule has 0 fully saturated rings. The van der Waals surface area contributed by atoms with Crippen molar-refractivity contribution in [2.45, 2.75) is 24.9 Å². The number of aliphatic carboxylic acids is 1. The van der Waals surface area contributed by atoms with E-state index in [1.54, 1.807) is 6.08 Å². The predicted molar refractivity (Wildman–Crippen MR) is 32.9 cm³/mol. The van der Waals surface area contributed by atoms with Gasteiger partial charge in [-0.15, -0.1) is 0 Å². The molecule has 0 radical (unpaired) electrons. The zero-order chi connectivity index (χ0) is 7.61. The lowest BCUT2D eigenvalue weighted by Crippen LogP contribution is -2.34. The molecular formula is C7H9O3-. The number of rotatable bonds is 2. The molecule has 56 valence electrons. The molecule has 3 heteroatoms. The Morgan fingerprint density at radius 3 is 2.90 bits per heavy atom. The summed E-state index contributed by atoms with van der Waals surface area (Å²) in [5, 5.41) is 19.4. The van der Waals surface area contributed by atoms with Gasteiger partial charge < -0.3 is 15.0 Å². The molecule has 0 bridgehead atoms. The summed E-state index contributed by atoms with van der Waals surface area (Å²) in [6.45, 7) is 0. The molecule has 1 aliphatic rings. The first-order chi connectivity index (χ1) is 4.62. The smallest absolute Gasteiger partial charge is 0.0882 e. The summed E-state index contributed by atoms with van der Waals surface area (Å²) in [5.74, 6) is -1.20. The van der Waals surface area contributed by atoms with Crippen molar-refractivity contribution < 1.29 is 15.0 Å². The number of carboxylic acid groups (broad SMARTS) is 1. The van der Waals surface area contributed by atoms with E-state index in [4.69, 9.17) is 0 Å². The van der Waals surface area contributed by atoms with Crippen LogP contribution in [-0.4, -0.2) is 16.7 Å². The van der Waals surface area contributed by atoms with Crippen molar-refractivity contribution in [1.29, 1.82) is 0 Å². The van der Waals surface area contributed by atoms with Crippen molar-refractivity contribution in [3.63, 3.8) is 0 Å². The van der Waals surface area contributed by atoms with Gasteiger partial charge in [-0.2, -0.15) is 0 Å². The van der Waals surface area contributed by atoms with Gasteiger partial charge >= 0.3 is 0 Å². The Balaban J connectivity index is 2.52. The first-order valence-electron chi connectivity index (χ1n) is 3.22. The van der Waals surface area contributed by atoms with E-state index in [9.17, 15) is 15.0 Å². The number of carbonyl (C=O) groups is 1. The molecule has 0 aromatic heterocycles. The first kappa shape index (κ1) is 7.28. The Bertz CT molecular complexity index is 174. The highest BCUT2D eigenvalue weighted by molar-refractivity contribution is 5.66. The highest BCUT2D eigenvalue weighted by Crippen LogP contribution is 2.24. The highest BCUT2D eigenvalue weighted by atomic mass is 16.4. The number of hydrogen-bond acceptors (Lipinski definition) is 3. The third kappa shape index (κ3) is 1.57. The summed E-state index contributed by atoms with van der Waals surface area (Å²) in [6, 6.07) is 0. The average Bonchev–Trinajstić information content (AvgIpc) is 2.12. The summed E-state index contributed by atoms with van der Waals surface area (Å²) in [5.41, 5.74) is -1.13. The van der Waals surface area contributed by atoms with E-state index in [0.717, 1.165) is 6.42 Å². The monoisotopic (exact) mass is 141 g/mol. The van der Waals surface area contributed by atoms with Crippen molar-refractivity contribution in [3.8, 4) is 0 Å². The number of aliphatic hydroxyl groups is 1. The number of hydrogen-bond donors (Lipinski definition) is 1. The van der Waals surface area contributed by atoms with Gasteiger partial charge in [0.15, 0.2) is 0 Å². The van der Waals surface area contributed by atoms with Crippen LogP contribution >= 0.6 is 0 Å². The van der Waals surface area contributed by atoms with E-state index < -0.39 is 11.6 Å². The van der Waals surface area contributed by atoms with Gasteiger partial charge in [0.2, 0.25) is 0 Å². The molecule has 0 aliphatic heterocycles. The molecule has 0 aromatic rings. The summed E-state index contributed by atoms with van der Waals surface area (Å²) in [6.07, 6.45) is 4.28. The van der Waals surface area contributed by atoms with Crippen LogP contribution in [0.5, 0.6) is 0 Å². The molecule has 0 saturated heterocycles. The number of allylic oxidation sites excluding steroid dienone is 1. The lowest BCUT2D eigenvalue weighted by molar-refractivity contribution is -0.308. The highest BCUT2D eigenvalue weighted by Gasteiger charge is 2.25. The summed E-state index contributed by atoms with van der Waals surface area (Å²) >= 11 is 0. The maximum atomic E-state index is 10.1. The lowest BCUT2D eigenvalue weighted by Gasteiger charge is -2.20. The molecule has 0 amide bonds. The largest absolute Gasteiger partial charge is 0.550 e. The second kappa shape index (κ2) is 2.42. The van der Waals surface area contributed by atoms with Crippen LogP contribution < -0.4 is 5.11 Å². The number of carbonyl (C=O) groups excluding carboxylic acids is 1. The van der Waals surface area contributed by atoms with E-state index in [1.807, 2.05) is 0 Å². The molecule has 0 heterocycles. The lowest BCUT2D eigenvalue weighted by atomic mass is 10.00. The molecule has 1 rings (SSSR count). The van der Waals surface area contributed by atoms with Gasteiger partial charge in [0, 0.05) is 12.4 Å². The minimum Gasteiger partial charge on any atom is -0.550 e. The Morgan fingerprint density at radius 1 is 1.80 bits per heavy atom. The van der Waals surface area contributed by atoms with Gasteiger partial charge in [0.25, 0.3) is 0 Å². The number of carboxylic acids is 1. The molecular weight excluding hydrogens is 132 g/mol. The van der Waals surface area contributed by atoms with Crippen LogP contribution in [0.4, 0.5) is 0 Å². The molecule has 1 aliphatic carbocycles. The Kier molecular flexibility index (Phi) is 1.76. The topological polar surface area (TPSA) is 60.4 Å². The van der Waals surface area contributed by atoms with Crippen LogP contribution in [0.3, 0.4) is 0 Å². The third-order valence-electron chi connectivity index (χ3n) is 1.62. The first-order valence-corrected chi connectivity index (χ1v) is 3.22. The van der Waals surface area contributed by atoms with Crippen molar-refractivity contribution in [1.82, 2.24) is 0 Å². The van der Waals surface area contributed by atoms with Gasteiger partial charge in [0.1, 0.15) is 0 Å². The van der Waals surface area contributed by atoms with Crippen LogP contribution in [0.25, 0.3) is 0 Å². The normalized spacial score (nSPS) is 30.9. The van der Waals surface area contributed by atoms with Crippen LogP contribution in [0.2, 0.25) is 0 Å². The minimum atomic E-state index is -1.20. The van der Waals surface area contributed by atoms with Gasteiger partial charge in [-0.05, 0) is 12.8 Å². The minimum absolute atomic E-state index is 0.288. The van der Waals surface area contributed by atoms with Gasteiger partial charge in [-0.3, -0.25) is 0 Å². The van der Waals surface area contributed by atoms with E-state index in [1.165, 1.54) is 6.08 Å². The summed E-state index contributed by atoms with van der Waals surface area (Å²) in [7, 11) is 0. The van der Waals surface area contributed by atoms with E-state index in [0.29, 0.717) is 6.42 Å². The fourth-order valence-electron chi connectivity index (χ4n) is 1.12. The van der Waals surface area contributed by atoms with Crippen molar-refractivity contribution in [2.75, 3.05) is 0 Å². The summed E-state index contributed by atoms with van der Waals surface area (Å²) < 4.78 is 0. The second-order valence-corrected chi connectivity index (χ2v) is 2.59. The summed E-state index contributed by atoms with van der Waals surface area (Å²) in [4.78, 5) is 10.1. The second-order valence-electron chi connectivity index (χ2n) is 2.59. The standard InChI is InChI=1S/C7H10O3/c8-6(9)5-7(10)3-1-2-4-7/h1,3,10H,2,4-5H2,(H,8,9)/p-1. The maximum absolute atomic E-state index is 10.1. The Morgan fingerprint density at radius 2 is 2.50 bits per heavy atom. The zero-order valence-corrected chi connectivity index (χ0v) is 5.54. The third-order valence-corrected chi connectivity index (χ3v) is 1.62. The molecule has 10 heavy (non-hydrogen) atoms. The van der Waals surface area contributed by atoms with Crippen LogP contribution in [0.1, 0.15) is 19.3 Å². The Labute approximate surface area is 59.0 Å². The van der Waals surface area contributed by atoms with Gasteiger partial charge in [-0.25, -0.2) is 0 Å². The van der Waals surface area contributed by atoms with E-state index in [2.05, 4.69) is 0 Å². The average molecular weight is 141 g/mol. The van der Waals surface area contributed by atoms with Gasteiger partial charge in [-0.1, -0.05) is 12.2 Å².